The summed E-state index contributed by atoms with van der Waals surface area (Å²) >= 11 is 0. The first kappa shape index (κ1) is 26.1. The van der Waals surface area contributed by atoms with E-state index >= 15 is 0 Å². The summed E-state index contributed by atoms with van der Waals surface area (Å²) in [6.07, 6.45) is 0.0968. The molecule has 2 aromatic carbocycles. The van der Waals surface area contributed by atoms with Gasteiger partial charge in [-0.2, -0.15) is 0 Å². The van der Waals surface area contributed by atoms with Crippen molar-refractivity contribution in [1.29, 1.82) is 0 Å². The summed E-state index contributed by atoms with van der Waals surface area (Å²) < 4.78 is 19.1. The van der Waals surface area contributed by atoms with Crippen LogP contribution < -0.4 is 5.32 Å². The van der Waals surface area contributed by atoms with Gasteiger partial charge in [0.1, 0.15) is 5.82 Å². The second kappa shape index (κ2) is 12.2. The summed E-state index contributed by atoms with van der Waals surface area (Å²) in [5.41, 5.74) is 2.60. The number of nitrogens with zero attached hydrogens (tertiary/aromatic N) is 3. The third-order valence-electron chi connectivity index (χ3n) is 5.24. The van der Waals surface area contributed by atoms with Gasteiger partial charge < -0.3 is 19.9 Å². The van der Waals surface area contributed by atoms with E-state index < -0.39 is 0 Å². The molecule has 2 aromatic rings. The fourth-order valence-electron chi connectivity index (χ4n) is 3.84. The van der Waals surface area contributed by atoms with Crippen LogP contribution in [0.5, 0.6) is 0 Å². The van der Waals surface area contributed by atoms with Gasteiger partial charge >= 0.3 is 0 Å². The van der Waals surface area contributed by atoms with Gasteiger partial charge in [0.2, 0.25) is 0 Å². The first-order valence-corrected chi connectivity index (χ1v) is 10.6. The lowest BCUT2D eigenvalue weighted by atomic mass is 10.1. The van der Waals surface area contributed by atoms with E-state index in [1.54, 1.807) is 13.1 Å². The number of amides is 1. The van der Waals surface area contributed by atoms with Gasteiger partial charge in [-0.3, -0.25) is 9.79 Å². The Morgan fingerprint density at radius 1 is 1.16 bits per heavy atom. The summed E-state index contributed by atoms with van der Waals surface area (Å²) in [7, 11) is 3.63. The maximum Gasteiger partial charge on any atom is 0.254 e. The van der Waals surface area contributed by atoms with Gasteiger partial charge in [-0.15, -0.1) is 24.0 Å². The first-order chi connectivity index (χ1) is 14.9. The number of halogens is 2. The highest BCUT2D eigenvalue weighted by atomic mass is 127. The van der Waals surface area contributed by atoms with E-state index in [1.807, 2.05) is 61.0 Å². The fourth-order valence-corrected chi connectivity index (χ4v) is 3.84. The van der Waals surface area contributed by atoms with Crippen molar-refractivity contribution in [3.8, 4) is 0 Å². The SMILES string of the molecule is CN=C(NCc1ccc(C(=O)N2CC(C)OC(C)C2)cc1)N(C)Cc1cccc(F)c1.I. The molecule has 1 amide bonds. The molecule has 1 fully saturated rings. The van der Waals surface area contributed by atoms with Crippen molar-refractivity contribution >= 4 is 35.8 Å². The first-order valence-electron chi connectivity index (χ1n) is 10.6. The molecule has 8 heteroatoms. The van der Waals surface area contributed by atoms with E-state index in [4.69, 9.17) is 4.74 Å². The van der Waals surface area contributed by atoms with Crippen LogP contribution >= 0.6 is 24.0 Å². The number of ether oxygens (including phenoxy) is 1. The third kappa shape index (κ3) is 7.16. The van der Waals surface area contributed by atoms with Gasteiger partial charge in [-0.1, -0.05) is 24.3 Å². The van der Waals surface area contributed by atoms with Gasteiger partial charge in [0, 0.05) is 45.8 Å². The Bertz CT molecular complexity index is 912. The molecule has 1 N–H and O–H groups in total. The molecule has 1 saturated heterocycles. The van der Waals surface area contributed by atoms with Gasteiger partial charge in [-0.05, 0) is 49.2 Å². The molecular formula is C24H32FIN4O2. The number of benzene rings is 2. The average Bonchev–Trinajstić information content (AvgIpc) is 2.73. The molecule has 2 unspecified atom stereocenters. The average molecular weight is 554 g/mol. The molecule has 1 aliphatic heterocycles. The monoisotopic (exact) mass is 554 g/mol. The van der Waals surface area contributed by atoms with Gasteiger partial charge in [-0.25, -0.2) is 4.39 Å². The van der Waals surface area contributed by atoms with Crippen molar-refractivity contribution in [3.05, 3.63) is 71.0 Å². The highest BCUT2D eigenvalue weighted by molar-refractivity contribution is 14.0. The van der Waals surface area contributed by atoms with Gasteiger partial charge in [0.15, 0.2) is 5.96 Å². The van der Waals surface area contributed by atoms with Crippen molar-refractivity contribution in [2.75, 3.05) is 27.2 Å². The smallest absolute Gasteiger partial charge is 0.254 e. The Morgan fingerprint density at radius 2 is 1.81 bits per heavy atom. The van der Waals surface area contributed by atoms with Crippen molar-refractivity contribution in [3.63, 3.8) is 0 Å². The molecule has 6 nitrogen and oxygen atoms in total. The van der Waals surface area contributed by atoms with E-state index in [-0.39, 0.29) is 47.9 Å². The Morgan fingerprint density at radius 3 is 2.41 bits per heavy atom. The number of morpholine rings is 1. The van der Waals surface area contributed by atoms with Gasteiger partial charge in [0.05, 0.1) is 12.2 Å². The minimum atomic E-state index is -0.246. The number of carbonyl (C=O) groups is 1. The van der Waals surface area contributed by atoms with E-state index in [1.165, 1.54) is 12.1 Å². The second-order valence-corrected chi connectivity index (χ2v) is 8.05. The highest BCUT2D eigenvalue weighted by Gasteiger charge is 2.26. The molecule has 2 atom stereocenters. The quantitative estimate of drug-likeness (QED) is 0.346. The predicted molar refractivity (Wildman–Crippen MR) is 136 cm³/mol. The van der Waals surface area contributed by atoms with Crippen molar-refractivity contribution in [2.24, 2.45) is 4.99 Å². The maximum atomic E-state index is 13.4. The number of nitrogens with one attached hydrogen (secondary N) is 1. The van der Waals surface area contributed by atoms with E-state index in [2.05, 4.69) is 10.3 Å². The summed E-state index contributed by atoms with van der Waals surface area (Å²) in [6.45, 7) is 6.31. The Kier molecular flexibility index (Phi) is 9.89. The van der Waals surface area contributed by atoms with Crippen LogP contribution in [0.25, 0.3) is 0 Å². The van der Waals surface area contributed by atoms with Crippen LogP contribution in [0.1, 0.15) is 35.3 Å². The summed E-state index contributed by atoms with van der Waals surface area (Å²) in [6, 6.07) is 14.2. The zero-order valence-electron chi connectivity index (χ0n) is 19.0. The second-order valence-electron chi connectivity index (χ2n) is 8.05. The number of rotatable bonds is 5. The predicted octanol–water partition coefficient (Wildman–Crippen LogP) is 3.90. The standard InChI is InChI=1S/C24H31FN4O2.HI/c1-17-14-29(15-18(2)31-17)23(30)21-10-8-19(9-11-21)13-27-24(26-3)28(4)16-20-6-5-7-22(25)12-20;/h5-12,17-18H,13-16H2,1-4H3,(H,26,27);1H. The molecule has 0 saturated carbocycles. The Hall–Kier alpha value is -2.20. The summed E-state index contributed by atoms with van der Waals surface area (Å²) in [4.78, 5) is 20.9. The molecule has 1 aliphatic rings. The molecule has 0 spiro atoms. The lowest BCUT2D eigenvalue weighted by Gasteiger charge is -2.35. The molecule has 0 radical (unpaired) electrons. The molecule has 0 aliphatic carbocycles. The summed E-state index contributed by atoms with van der Waals surface area (Å²) in [5, 5.41) is 3.31. The molecule has 1 heterocycles. The molecule has 0 aromatic heterocycles. The van der Waals surface area contributed by atoms with E-state index in [0.717, 1.165) is 11.1 Å². The fraction of sp³-hybridized carbons (Fsp3) is 0.417. The zero-order chi connectivity index (χ0) is 22.4. The van der Waals surface area contributed by atoms with Crippen molar-refractivity contribution in [1.82, 2.24) is 15.1 Å². The number of guanidine groups is 1. The highest BCUT2D eigenvalue weighted by Crippen LogP contribution is 2.15. The van der Waals surface area contributed by atoms with Crippen molar-refractivity contribution in [2.45, 2.75) is 39.1 Å². The van der Waals surface area contributed by atoms with Crippen LogP contribution in [-0.4, -0.2) is 61.1 Å². The van der Waals surface area contributed by atoms with E-state index in [9.17, 15) is 9.18 Å². The van der Waals surface area contributed by atoms with Crippen LogP contribution in [0.15, 0.2) is 53.5 Å². The lowest BCUT2D eigenvalue weighted by Crippen LogP contribution is -2.48. The van der Waals surface area contributed by atoms with Crippen LogP contribution in [0.2, 0.25) is 0 Å². The molecular weight excluding hydrogens is 522 g/mol. The third-order valence-corrected chi connectivity index (χ3v) is 5.24. The number of aliphatic imine (C=N–C) groups is 1. The maximum absolute atomic E-state index is 13.4. The van der Waals surface area contributed by atoms with E-state index in [0.29, 0.717) is 37.7 Å². The topological polar surface area (TPSA) is 57.2 Å². The van der Waals surface area contributed by atoms with Crippen LogP contribution in [0, 0.1) is 5.82 Å². The molecule has 3 rings (SSSR count). The number of hydrogen-bond donors (Lipinski definition) is 1. The summed E-state index contributed by atoms with van der Waals surface area (Å²) in [5.74, 6) is 0.498. The lowest BCUT2D eigenvalue weighted by molar-refractivity contribution is -0.0586. The normalized spacial score (nSPS) is 18.7. The molecule has 0 bridgehead atoms. The van der Waals surface area contributed by atoms with Crippen LogP contribution in [-0.2, 0) is 17.8 Å². The number of hydrogen-bond acceptors (Lipinski definition) is 3. The molecule has 32 heavy (non-hydrogen) atoms. The minimum Gasteiger partial charge on any atom is -0.372 e. The van der Waals surface area contributed by atoms with Gasteiger partial charge in [0.25, 0.3) is 5.91 Å². The number of carbonyl (C=O) groups excluding carboxylic acids is 1. The Balaban J connectivity index is 0.00000363. The van der Waals surface area contributed by atoms with Crippen molar-refractivity contribution < 1.29 is 13.9 Å². The Labute approximate surface area is 206 Å². The molecule has 174 valence electrons. The van der Waals surface area contributed by atoms with Crippen LogP contribution in [0.3, 0.4) is 0 Å². The largest absolute Gasteiger partial charge is 0.372 e. The minimum absolute atomic E-state index is 0. The zero-order valence-corrected chi connectivity index (χ0v) is 21.4. The van der Waals surface area contributed by atoms with Crippen LogP contribution in [0.4, 0.5) is 4.39 Å².